The zero-order valence-electron chi connectivity index (χ0n) is 13.0. The third kappa shape index (κ3) is 2.08. The molecule has 0 aliphatic heterocycles. The summed E-state index contributed by atoms with van der Waals surface area (Å²) in [5.41, 5.74) is 1.99. The average Bonchev–Trinajstić information content (AvgIpc) is 3.10. The van der Waals surface area contributed by atoms with Crippen molar-refractivity contribution in [2.75, 3.05) is 0 Å². The highest BCUT2D eigenvalue weighted by Crippen LogP contribution is 2.25. The van der Waals surface area contributed by atoms with Gasteiger partial charge in [-0.25, -0.2) is 14.1 Å². The van der Waals surface area contributed by atoms with Gasteiger partial charge >= 0.3 is 0 Å². The molecule has 0 radical (unpaired) electrons. The number of benzene rings is 1. The minimum Gasteiger partial charge on any atom is -0.268 e. The smallest absolute Gasteiger partial charge is 0.174 e. The molecule has 3 aromatic heterocycles. The third-order valence-electron chi connectivity index (χ3n) is 3.72. The Bertz CT molecular complexity index is 1010. The molecule has 116 valence electrons. The lowest BCUT2D eigenvalue weighted by atomic mass is 9.96. The molecule has 0 atom stereocenters. The van der Waals surface area contributed by atoms with Gasteiger partial charge in [0.2, 0.25) is 0 Å². The lowest BCUT2D eigenvalue weighted by molar-refractivity contribution is 0.537. The van der Waals surface area contributed by atoms with Crippen molar-refractivity contribution in [2.24, 2.45) is 0 Å². The predicted molar refractivity (Wildman–Crippen MR) is 84.1 cm³/mol. The minimum atomic E-state index is -0.284. The molecule has 0 unspecified atom stereocenters. The predicted octanol–water partition coefficient (Wildman–Crippen LogP) is 2.90. The van der Waals surface area contributed by atoms with E-state index >= 15 is 0 Å². The van der Waals surface area contributed by atoms with Gasteiger partial charge in [-0.05, 0) is 24.3 Å². The number of nitrogens with zero attached hydrogens (tertiary/aromatic N) is 6. The molecule has 0 aliphatic rings. The number of halogens is 1. The summed E-state index contributed by atoms with van der Waals surface area (Å²) in [5, 5.41) is 13.8. The maximum Gasteiger partial charge on any atom is 0.174 e. The summed E-state index contributed by atoms with van der Waals surface area (Å²) < 4.78 is 16.7. The minimum absolute atomic E-state index is 0.137. The van der Waals surface area contributed by atoms with E-state index < -0.39 is 0 Å². The fourth-order valence-electron chi connectivity index (χ4n) is 2.60. The van der Waals surface area contributed by atoms with E-state index in [1.165, 1.54) is 12.1 Å². The van der Waals surface area contributed by atoms with Gasteiger partial charge in [-0.3, -0.25) is 4.40 Å². The number of hydrogen-bond donors (Lipinski definition) is 0. The van der Waals surface area contributed by atoms with Gasteiger partial charge in [0.1, 0.15) is 18.0 Å². The van der Waals surface area contributed by atoms with Crippen molar-refractivity contribution in [2.45, 2.75) is 26.2 Å². The summed E-state index contributed by atoms with van der Waals surface area (Å²) >= 11 is 0. The van der Waals surface area contributed by atoms with E-state index in [0.29, 0.717) is 11.3 Å². The first kappa shape index (κ1) is 13.8. The Morgan fingerprint density at radius 1 is 1.00 bits per heavy atom. The van der Waals surface area contributed by atoms with Gasteiger partial charge in [0.05, 0.1) is 17.3 Å². The molecule has 0 fully saturated rings. The van der Waals surface area contributed by atoms with Gasteiger partial charge < -0.3 is 0 Å². The lowest BCUT2D eigenvalue weighted by Gasteiger charge is -2.15. The van der Waals surface area contributed by atoms with Gasteiger partial charge in [0.25, 0.3) is 0 Å². The molecule has 0 N–H and O–H groups in total. The van der Waals surface area contributed by atoms with Crippen LogP contribution in [0.5, 0.6) is 0 Å². The largest absolute Gasteiger partial charge is 0.268 e. The Hall–Kier alpha value is -2.83. The second-order valence-corrected chi connectivity index (χ2v) is 6.48. The molecule has 6 nitrogen and oxygen atoms in total. The summed E-state index contributed by atoms with van der Waals surface area (Å²) in [6.07, 6.45) is 3.42. The molecule has 0 bridgehead atoms. The summed E-state index contributed by atoms with van der Waals surface area (Å²) in [6.45, 7) is 6.24. The number of fused-ring (bicyclic) bond motifs is 3. The van der Waals surface area contributed by atoms with Crippen molar-refractivity contribution < 1.29 is 4.39 Å². The van der Waals surface area contributed by atoms with Crippen molar-refractivity contribution in [3.05, 3.63) is 48.4 Å². The van der Waals surface area contributed by atoms with Crippen LogP contribution in [0.25, 0.3) is 22.4 Å². The molecular weight excluding hydrogens is 295 g/mol. The van der Waals surface area contributed by atoms with Gasteiger partial charge in [-0.15, -0.1) is 10.2 Å². The molecule has 4 aromatic rings. The van der Waals surface area contributed by atoms with Crippen LogP contribution in [0.15, 0.2) is 36.8 Å². The molecule has 4 rings (SSSR count). The van der Waals surface area contributed by atoms with E-state index in [0.717, 1.165) is 16.9 Å². The first-order valence-electron chi connectivity index (χ1n) is 7.29. The van der Waals surface area contributed by atoms with Gasteiger partial charge in [0.15, 0.2) is 11.3 Å². The van der Waals surface area contributed by atoms with E-state index in [1.54, 1.807) is 29.3 Å². The lowest BCUT2D eigenvalue weighted by Crippen LogP contribution is -2.16. The maximum atomic E-state index is 13.1. The van der Waals surface area contributed by atoms with Crippen LogP contribution in [-0.4, -0.2) is 29.4 Å². The molecule has 3 heterocycles. The molecule has 1 aromatic carbocycles. The van der Waals surface area contributed by atoms with Crippen LogP contribution in [0.3, 0.4) is 0 Å². The summed E-state index contributed by atoms with van der Waals surface area (Å²) in [7, 11) is 0. The first-order valence-corrected chi connectivity index (χ1v) is 7.29. The average molecular weight is 310 g/mol. The fraction of sp³-hybridized carbons (Fsp3) is 0.250. The van der Waals surface area contributed by atoms with Crippen molar-refractivity contribution in [3.8, 4) is 5.69 Å². The fourth-order valence-corrected chi connectivity index (χ4v) is 2.60. The topological polar surface area (TPSA) is 60.9 Å². The van der Waals surface area contributed by atoms with Crippen LogP contribution in [0.2, 0.25) is 0 Å². The Kier molecular flexibility index (Phi) is 2.75. The van der Waals surface area contributed by atoms with Crippen LogP contribution < -0.4 is 0 Å². The molecule has 0 amide bonds. The first-order chi connectivity index (χ1) is 10.9. The van der Waals surface area contributed by atoms with Gasteiger partial charge in [-0.1, -0.05) is 20.8 Å². The van der Waals surface area contributed by atoms with E-state index in [1.807, 2.05) is 4.40 Å². The second kappa shape index (κ2) is 4.58. The number of hydrogen-bond acceptors (Lipinski definition) is 4. The van der Waals surface area contributed by atoms with E-state index in [2.05, 4.69) is 41.1 Å². The quantitative estimate of drug-likeness (QED) is 0.542. The van der Waals surface area contributed by atoms with Crippen molar-refractivity contribution >= 4 is 16.7 Å². The number of aromatic nitrogens is 6. The summed E-state index contributed by atoms with van der Waals surface area (Å²) in [4.78, 5) is 4.50. The highest BCUT2D eigenvalue weighted by atomic mass is 19.1. The SMILES string of the molecule is CC(C)(C)c1nnc2c3cnn(-c4ccc(F)cc4)c3ncn12. The van der Waals surface area contributed by atoms with E-state index in [9.17, 15) is 4.39 Å². The van der Waals surface area contributed by atoms with Crippen LogP contribution in [0.4, 0.5) is 4.39 Å². The molecule has 0 saturated heterocycles. The Balaban J connectivity index is 1.96. The molecule has 0 saturated carbocycles. The standard InChI is InChI=1S/C16H15FN6/c1-16(2,3)15-21-20-14-12-8-19-23(13(12)18-9-22(14)15)11-6-4-10(17)5-7-11/h4-9H,1-3H3. The van der Waals surface area contributed by atoms with Crippen LogP contribution >= 0.6 is 0 Å². The van der Waals surface area contributed by atoms with Gasteiger partial charge in [-0.2, -0.15) is 5.10 Å². The molecular formula is C16H15FN6. The summed E-state index contributed by atoms with van der Waals surface area (Å²) in [5.74, 6) is 0.560. The van der Waals surface area contributed by atoms with E-state index in [-0.39, 0.29) is 11.2 Å². The zero-order valence-corrected chi connectivity index (χ0v) is 13.0. The van der Waals surface area contributed by atoms with Crippen molar-refractivity contribution in [1.82, 2.24) is 29.4 Å². The zero-order chi connectivity index (χ0) is 16.2. The van der Waals surface area contributed by atoms with Crippen LogP contribution in [0, 0.1) is 5.82 Å². The Morgan fingerprint density at radius 2 is 1.74 bits per heavy atom. The molecule has 7 heteroatoms. The monoisotopic (exact) mass is 310 g/mol. The normalized spacial score (nSPS) is 12.3. The molecule has 0 aliphatic carbocycles. The highest BCUT2D eigenvalue weighted by molar-refractivity contribution is 5.89. The second-order valence-electron chi connectivity index (χ2n) is 6.48. The van der Waals surface area contributed by atoms with Crippen LogP contribution in [0.1, 0.15) is 26.6 Å². The third-order valence-corrected chi connectivity index (χ3v) is 3.72. The van der Waals surface area contributed by atoms with Crippen LogP contribution in [-0.2, 0) is 5.41 Å². The summed E-state index contributed by atoms with van der Waals surface area (Å²) in [6, 6.07) is 6.13. The Labute approximate surface area is 131 Å². The Morgan fingerprint density at radius 3 is 2.43 bits per heavy atom. The highest BCUT2D eigenvalue weighted by Gasteiger charge is 2.22. The molecule has 0 spiro atoms. The number of rotatable bonds is 1. The van der Waals surface area contributed by atoms with Crippen molar-refractivity contribution in [3.63, 3.8) is 0 Å². The van der Waals surface area contributed by atoms with Gasteiger partial charge in [0, 0.05) is 5.41 Å². The van der Waals surface area contributed by atoms with Crippen molar-refractivity contribution in [1.29, 1.82) is 0 Å². The maximum absolute atomic E-state index is 13.1. The van der Waals surface area contributed by atoms with E-state index in [4.69, 9.17) is 0 Å². The molecule has 23 heavy (non-hydrogen) atoms.